The molecule has 1 aliphatic rings. The number of hydrogen-bond acceptors (Lipinski definition) is 4. The second-order valence-corrected chi connectivity index (χ2v) is 8.67. The van der Waals surface area contributed by atoms with E-state index in [1.165, 1.54) is 12.1 Å². The van der Waals surface area contributed by atoms with Crippen molar-refractivity contribution in [1.82, 2.24) is 14.3 Å². The van der Waals surface area contributed by atoms with Gasteiger partial charge < -0.3 is 18.8 Å². The average Bonchev–Trinajstić information content (AvgIpc) is 3.27. The smallest absolute Gasteiger partial charge is 0.257 e. The summed E-state index contributed by atoms with van der Waals surface area (Å²) in [6.07, 6.45) is 4.77. The summed E-state index contributed by atoms with van der Waals surface area (Å²) in [5.41, 5.74) is 3.22. The fourth-order valence-electron chi connectivity index (χ4n) is 4.24. The van der Waals surface area contributed by atoms with E-state index in [9.17, 15) is 13.6 Å². The minimum absolute atomic E-state index is 0.0250. The Kier molecular flexibility index (Phi) is 6.35. The number of nitrogens with zero attached hydrogens (tertiary/aromatic N) is 3. The molecule has 1 fully saturated rings. The lowest BCUT2D eigenvalue weighted by molar-refractivity contribution is 0.0584. The molecular weight excluding hydrogens is 452 g/mol. The molecule has 0 radical (unpaired) electrons. The van der Waals surface area contributed by atoms with E-state index in [1.54, 1.807) is 23.1 Å². The van der Waals surface area contributed by atoms with Crippen LogP contribution in [0.5, 0.6) is 11.5 Å². The standard InChI is InChI=1S/C27H25F2N3O3/c1-18-6-9-26-30-20(16-32(26)15-18)17-34-24-5-3-2-4-22(24)27(33)31-12-10-21(11-13-31)35-25-8-7-19(28)14-23(25)29/h2-9,14-16,21H,10-13,17H2,1H3. The number of aromatic nitrogens is 2. The Hall–Kier alpha value is -3.94. The van der Waals surface area contributed by atoms with Gasteiger partial charge in [-0.2, -0.15) is 0 Å². The van der Waals surface area contributed by atoms with E-state index in [0.717, 1.165) is 23.0 Å². The number of pyridine rings is 1. The zero-order chi connectivity index (χ0) is 24.4. The van der Waals surface area contributed by atoms with Crippen LogP contribution in [0.25, 0.3) is 5.65 Å². The van der Waals surface area contributed by atoms with Gasteiger partial charge in [0.2, 0.25) is 0 Å². The Morgan fingerprint density at radius 3 is 2.63 bits per heavy atom. The van der Waals surface area contributed by atoms with E-state index in [2.05, 4.69) is 4.98 Å². The van der Waals surface area contributed by atoms with Crippen molar-refractivity contribution in [2.75, 3.05) is 13.1 Å². The van der Waals surface area contributed by atoms with Gasteiger partial charge in [-0.05, 0) is 42.8 Å². The molecule has 2 aromatic carbocycles. The SMILES string of the molecule is Cc1ccc2nc(COc3ccccc3C(=O)N3CCC(Oc4ccc(F)cc4F)CC3)cn2c1. The number of carbonyl (C=O) groups is 1. The number of amides is 1. The summed E-state index contributed by atoms with van der Waals surface area (Å²) in [5.74, 6) is -0.977. The van der Waals surface area contributed by atoms with Crippen LogP contribution in [-0.2, 0) is 6.61 Å². The van der Waals surface area contributed by atoms with Gasteiger partial charge in [-0.25, -0.2) is 13.8 Å². The lowest BCUT2D eigenvalue weighted by Gasteiger charge is -2.32. The molecule has 0 spiro atoms. The third-order valence-corrected chi connectivity index (χ3v) is 6.06. The van der Waals surface area contributed by atoms with Crippen LogP contribution in [0.3, 0.4) is 0 Å². The monoisotopic (exact) mass is 477 g/mol. The van der Waals surface area contributed by atoms with Gasteiger partial charge >= 0.3 is 0 Å². The summed E-state index contributed by atoms with van der Waals surface area (Å²) in [6.45, 7) is 3.19. The molecule has 180 valence electrons. The fourth-order valence-corrected chi connectivity index (χ4v) is 4.24. The number of rotatable bonds is 6. The quantitative estimate of drug-likeness (QED) is 0.384. The number of aryl methyl sites for hydroxylation is 1. The first-order chi connectivity index (χ1) is 17.0. The Morgan fingerprint density at radius 1 is 1.03 bits per heavy atom. The summed E-state index contributed by atoms with van der Waals surface area (Å²) in [5, 5.41) is 0. The molecule has 0 atom stereocenters. The number of ether oxygens (including phenoxy) is 2. The van der Waals surface area contributed by atoms with Crippen molar-refractivity contribution in [1.29, 1.82) is 0 Å². The molecule has 1 saturated heterocycles. The first-order valence-corrected chi connectivity index (χ1v) is 11.5. The highest BCUT2D eigenvalue weighted by Crippen LogP contribution is 2.26. The Balaban J connectivity index is 1.21. The molecule has 0 bridgehead atoms. The first kappa shape index (κ1) is 22.8. The maximum Gasteiger partial charge on any atom is 0.257 e. The fraction of sp³-hybridized carbons (Fsp3) is 0.259. The molecule has 8 heteroatoms. The normalized spacial score (nSPS) is 14.3. The highest BCUT2D eigenvalue weighted by atomic mass is 19.1. The predicted molar refractivity (Wildman–Crippen MR) is 127 cm³/mol. The Bertz CT molecular complexity index is 1360. The van der Waals surface area contributed by atoms with Gasteiger partial charge in [0.1, 0.15) is 29.9 Å². The van der Waals surface area contributed by atoms with Crippen LogP contribution in [0, 0.1) is 18.6 Å². The molecule has 1 aliphatic heterocycles. The number of imidazole rings is 1. The van der Waals surface area contributed by atoms with Gasteiger partial charge in [-0.1, -0.05) is 18.2 Å². The molecule has 1 amide bonds. The molecule has 2 aromatic heterocycles. The van der Waals surface area contributed by atoms with Gasteiger partial charge in [-0.15, -0.1) is 0 Å². The van der Waals surface area contributed by atoms with Crippen LogP contribution in [0.15, 0.2) is 67.0 Å². The summed E-state index contributed by atoms with van der Waals surface area (Å²) in [7, 11) is 0. The molecule has 0 unspecified atom stereocenters. The van der Waals surface area contributed by atoms with Crippen LogP contribution in [-0.4, -0.2) is 39.4 Å². The number of fused-ring (bicyclic) bond motifs is 1. The summed E-state index contributed by atoms with van der Waals surface area (Å²) in [6, 6.07) is 14.4. The maximum atomic E-state index is 13.9. The van der Waals surface area contributed by atoms with Crippen LogP contribution in [0.4, 0.5) is 8.78 Å². The van der Waals surface area contributed by atoms with Gasteiger partial charge in [0.25, 0.3) is 5.91 Å². The van der Waals surface area contributed by atoms with E-state index in [0.29, 0.717) is 37.2 Å². The maximum absolute atomic E-state index is 13.9. The van der Waals surface area contributed by atoms with Crippen molar-refractivity contribution in [2.24, 2.45) is 0 Å². The van der Waals surface area contributed by atoms with Crippen LogP contribution >= 0.6 is 0 Å². The average molecular weight is 478 g/mol. The van der Waals surface area contributed by atoms with Gasteiger partial charge in [-0.3, -0.25) is 4.79 Å². The topological polar surface area (TPSA) is 56.1 Å². The molecule has 35 heavy (non-hydrogen) atoms. The van der Waals surface area contributed by atoms with Crippen molar-refractivity contribution in [3.05, 3.63) is 95.4 Å². The molecule has 3 heterocycles. The van der Waals surface area contributed by atoms with E-state index < -0.39 is 11.6 Å². The minimum atomic E-state index is -0.727. The highest BCUT2D eigenvalue weighted by molar-refractivity contribution is 5.97. The van der Waals surface area contributed by atoms with Crippen molar-refractivity contribution >= 4 is 11.6 Å². The number of para-hydroxylation sites is 1. The molecule has 0 aliphatic carbocycles. The number of benzene rings is 2. The van der Waals surface area contributed by atoms with E-state index in [-0.39, 0.29) is 24.4 Å². The third-order valence-electron chi connectivity index (χ3n) is 6.06. The molecular formula is C27H25F2N3O3. The lowest BCUT2D eigenvalue weighted by atomic mass is 10.1. The van der Waals surface area contributed by atoms with Crippen LogP contribution < -0.4 is 9.47 Å². The predicted octanol–water partition coefficient (Wildman–Crippen LogP) is 5.18. The Labute approximate surface area is 201 Å². The number of carbonyl (C=O) groups excluding carboxylic acids is 1. The van der Waals surface area contributed by atoms with E-state index in [4.69, 9.17) is 9.47 Å². The van der Waals surface area contributed by atoms with Crippen LogP contribution in [0.2, 0.25) is 0 Å². The largest absolute Gasteiger partial charge is 0.487 e. The second kappa shape index (κ2) is 9.74. The van der Waals surface area contributed by atoms with Gasteiger partial charge in [0.05, 0.1) is 11.3 Å². The summed E-state index contributed by atoms with van der Waals surface area (Å²) < 4.78 is 40.7. The van der Waals surface area contributed by atoms with Gasteiger partial charge in [0.15, 0.2) is 11.6 Å². The first-order valence-electron chi connectivity index (χ1n) is 11.5. The molecule has 0 saturated carbocycles. The Morgan fingerprint density at radius 2 is 1.83 bits per heavy atom. The van der Waals surface area contributed by atoms with Crippen LogP contribution in [0.1, 0.15) is 34.5 Å². The summed E-state index contributed by atoms with van der Waals surface area (Å²) >= 11 is 0. The van der Waals surface area contributed by atoms with Crippen molar-refractivity contribution in [3.63, 3.8) is 0 Å². The van der Waals surface area contributed by atoms with Crippen molar-refractivity contribution in [3.8, 4) is 11.5 Å². The zero-order valence-corrected chi connectivity index (χ0v) is 19.3. The van der Waals surface area contributed by atoms with E-state index >= 15 is 0 Å². The highest BCUT2D eigenvalue weighted by Gasteiger charge is 2.27. The molecule has 6 nitrogen and oxygen atoms in total. The number of piperidine rings is 1. The molecule has 0 N–H and O–H groups in total. The number of halogens is 2. The van der Waals surface area contributed by atoms with Crippen molar-refractivity contribution < 1.29 is 23.0 Å². The van der Waals surface area contributed by atoms with Crippen molar-refractivity contribution in [2.45, 2.75) is 32.5 Å². The zero-order valence-electron chi connectivity index (χ0n) is 19.3. The molecule has 5 rings (SSSR count). The minimum Gasteiger partial charge on any atom is -0.487 e. The molecule has 4 aromatic rings. The number of hydrogen-bond donors (Lipinski definition) is 0. The van der Waals surface area contributed by atoms with E-state index in [1.807, 2.05) is 41.9 Å². The summed E-state index contributed by atoms with van der Waals surface area (Å²) in [4.78, 5) is 19.6. The number of likely N-dealkylation sites (tertiary alicyclic amines) is 1. The third kappa shape index (κ3) is 5.11. The second-order valence-electron chi connectivity index (χ2n) is 8.67. The van der Waals surface area contributed by atoms with Gasteiger partial charge in [0, 0.05) is 44.4 Å². The lowest BCUT2D eigenvalue weighted by Crippen LogP contribution is -2.42.